The first-order valence-electron chi connectivity index (χ1n) is 6.04. The maximum absolute atomic E-state index is 9.89. The summed E-state index contributed by atoms with van der Waals surface area (Å²) in [6.07, 6.45) is -0.625. The number of aliphatic hydroxyl groups is 2. The Morgan fingerprint density at radius 3 is 2.44 bits per heavy atom. The van der Waals surface area contributed by atoms with Crippen LogP contribution >= 0.6 is 0 Å². The average Bonchev–Trinajstić information content (AvgIpc) is 2.25. The van der Waals surface area contributed by atoms with Gasteiger partial charge in [-0.1, -0.05) is 6.07 Å². The topological polar surface area (TPSA) is 52.9 Å². The number of ether oxygens (including phenoxy) is 1. The van der Waals surface area contributed by atoms with Gasteiger partial charge in [-0.3, -0.25) is 0 Å². The minimum absolute atomic E-state index is 0.472. The minimum Gasteiger partial charge on any atom is -0.496 e. The molecule has 1 aromatic carbocycles. The summed E-state index contributed by atoms with van der Waals surface area (Å²) in [5.74, 6) is 0.657. The van der Waals surface area contributed by atoms with Crippen molar-refractivity contribution in [3.63, 3.8) is 0 Å². The molecule has 2 N–H and O–H groups in total. The van der Waals surface area contributed by atoms with E-state index in [1.807, 2.05) is 30.1 Å². The van der Waals surface area contributed by atoms with Gasteiger partial charge in [0.2, 0.25) is 0 Å². The van der Waals surface area contributed by atoms with Crippen LogP contribution in [0.1, 0.15) is 32.4 Å². The largest absolute Gasteiger partial charge is 0.496 e. The third kappa shape index (κ3) is 3.62. The van der Waals surface area contributed by atoms with Gasteiger partial charge in [-0.15, -0.1) is 0 Å². The summed E-state index contributed by atoms with van der Waals surface area (Å²) in [6.45, 7) is 5.69. The molecular formula is C14H23NO3. The normalized spacial score (nSPS) is 13.3. The summed E-state index contributed by atoms with van der Waals surface area (Å²) >= 11 is 0. The lowest BCUT2D eigenvalue weighted by molar-refractivity contribution is 0.0884. The molecule has 1 rings (SSSR count). The molecule has 4 nitrogen and oxygen atoms in total. The van der Waals surface area contributed by atoms with E-state index in [4.69, 9.17) is 4.74 Å². The molecule has 0 bridgehead atoms. The van der Waals surface area contributed by atoms with E-state index in [1.165, 1.54) is 0 Å². The van der Waals surface area contributed by atoms with E-state index in [1.54, 1.807) is 27.9 Å². The van der Waals surface area contributed by atoms with Crippen LogP contribution in [0.15, 0.2) is 18.2 Å². The predicted octanol–water partition coefficient (Wildman–Crippen LogP) is 1.96. The van der Waals surface area contributed by atoms with E-state index in [0.29, 0.717) is 12.3 Å². The fraction of sp³-hybridized carbons (Fsp3) is 0.571. The van der Waals surface area contributed by atoms with Gasteiger partial charge in [0, 0.05) is 24.8 Å². The lowest BCUT2D eigenvalue weighted by atomic mass is 10.0. The van der Waals surface area contributed by atoms with Crippen LogP contribution in [0.4, 0.5) is 5.69 Å². The van der Waals surface area contributed by atoms with Crippen LogP contribution in [0.5, 0.6) is 5.75 Å². The van der Waals surface area contributed by atoms with Crippen molar-refractivity contribution in [3.8, 4) is 5.75 Å². The Balaban J connectivity index is 3.15. The van der Waals surface area contributed by atoms with Crippen molar-refractivity contribution < 1.29 is 14.9 Å². The van der Waals surface area contributed by atoms with Gasteiger partial charge in [0.05, 0.1) is 18.8 Å². The first-order valence-corrected chi connectivity index (χ1v) is 6.04. The lowest BCUT2D eigenvalue weighted by Crippen LogP contribution is -2.36. The second-order valence-electron chi connectivity index (χ2n) is 5.24. The monoisotopic (exact) mass is 253 g/mol. The highest BCUT2D eigenvalue weighted by atomic mass is 16.5. The molecule has 102 valence electrons. The Hall–Kier alpha value is -1.26. The summed E-state index contributed by atoms with van der Waals surface area (Å²) in [5.41, 5.74) is 0.812. The number of nitrogens with zero attached hydrogens (tertiary/aromatic N) is 1. The molecule has 0 aliphatic rings. The number of aliphatic hydroxyl groups excluding tert-OH is 1. The average molecular weight is 253 g/mol. The summed E-state index contributed by atoms with van der Waals surface area (Å²) in [6, 6.07) is 5.61. The molecule has 4 heteroatoms. The van der Waals surface area contributed by atoms with E-state index < -0.39 is 11.7 Å². The molecule has 0 fully saturated rings. The standard InChI is InChI=1S/C14H23NO3/c1-10(16)13-11(7-6-8-12(13)18-5)15(4)9-14(2,3)17/h6-8,10,16-17H,9H2,1-5H3/t10-/m1/s1. The molecule has 0 amide bonds. The number of benzene rings is 1. The highest BCUT2D eigenvalue weighted by Crippen LogP contribution is 2.34. The van der Waals surface area contributed by atoms with Gasteiger partial charge in [-0.25, -0.2) is 0 Å². The van der Waals surface area contributed by atoms with Crippen LogP contribution in [0.2, 0.25) is 0 Å². The maximum atomic E-state index is 9.89. The van der Waals surface area contributed by atoms with Gasteiger partial charge < -0.3 is 19.8 Å². The molecule has 1 atom stereocenters. The second-order valence-corrected chi connectivity index (χ2v) is 5.24. The van der Waals surface area contributed by atoms with Crippen LogP contribution in [0.25, 0.3) is 0 Å². The zero-order valence-corrected chi connectivity index (χ0v) is 11.8. The maximum Gasteiger partial charge on any atom is 0.126 e. The summed E-state index contributed by atoms with van der Waals surface area (Å²) in [4.78, 5) is 1.92. The Morgan fingerprint density at radius 2 is 2.00 bits per heavy atom. The Kier molecular flexibility index (Phi) is 4.59. The molecule has 0 saturated carbocycles. The number of anilines is 1. The fourth-order valence-electron chi connectivity index (χ4n) is 2.13. The minimum atomic E-state index is -0.798. The van der Waals surface area contributed by atoms with Crippen molar-refractivity contribution in [3.05, 3.63) is 23.8 Å². The second kappa shape index (κ2) is 5.59. The Bertz CT molecular complexity index is 397. The highest BCUT2D eigenvalue weighted by Gasteiger charge is 2.21. The molecule has 1 aromatic rings. The van der Waals surface area contributed by atoms with Gasteiger partial charge >= 0.3 is 0 Å². The summed E-state index contributed by atoms with van der Waals surface area (Å²) in [7, 11) is 3.47. The van der Waals surface area contributed by atoms with Gasteiger partial charge in [0.15, 0.2) is 0 Å². The van der Waals surface area contributed by atoms with E-state index in [0.717, 1.165) is 11.3 Å². The number of methoxy groups -OCH3 is 1. The Morgan fingerprint density at radius 1 is 1.39 bits per heavy atom. The summed E-state index contributed by atoms with van der Waals surface area (Å²) in [5, 5.41) is 19.8. The van der Waals surface area contributed by atoms with Crippen LogP contribution in [0.3, 0.4) is 0 Å². The van der Waals surface area contributed by atoms with Crippen LogP contribution in [-0.2, 0) is 0 Å². The third-order valence-electron chi connectivity index (χ3n) is 2.72. The molecule has 0 aliphatic carbocycles. The number of rotatable bonds is 5. The first-order chi connectivity index (χ1) is 8.26. The van der Waals surface area contributed by atoms with Crippen LogP contribution in [-0.4, -0.2) is 36.5 Å². The molecule has 0 radical (unpaired) electrons. The van der Waals surface area contributed by atoms with Gasteiger partial charge in [0.1, 0.15) is 5.75 Å². The molecule has 0 unspecified atom stereocenters. The smallest absolute Gasteiger partial charge is 0.126 e. The molecule has 0 aliphatic heterocycles. The zero-order valence-electron chi connectivity index (χ0n) is 11.8. The fourth-order valence-corrected chi connectivity index (χ4v) is 2.13. The van der Waals surface area contributed by atoms with E-state index >= 15 is 0 Å². The van der Waals surface area contributed by atoms with Crippen molar-refractivity contribution in [1.29, 1.82) is 0 Å². The third-order valence-corrected chi connectivity index (χ3v) is 2.72. The highest BCUT2D eigenvalue weighted by molar-refractivity contribution is 5.60. The molecule has 0 heterocycles. The van der Waals surface area contributed by atoms with Crippen molar-refractivity contribution in [2.24, 2.45) is 0 Å². The van der Waals surface area contributed by atoms with Crippen LogP contribution < -0.4 is 9.64 Å². The molecule has 0 spiro atoms. The zero-order chi connectivity index (χ0) is 13.9. The molecular weight excluding hydrogens is 230 g/mol. The van der Waals surface area contributed by atoms with Crippen LogP contribution in [0, 0.1) is 0 Å². The van der Waals surface area contributed by atoms with Crippen molar-refractivity contribution >= 4 is 5.69 Å². The number of hydrogen-bond acceptors (Lipinski definition) is 4. The predicted molar refractivity (Wildman–Crippen MR) is 73.2 cm³/mol. The molecule has 0 aromatic heterocycles. The summed E-state index contributed by atoms with van der Waals surface area (Å²) < 4.78 is 5.28. The molecule has 18 heavy (non-hydrogen) atoms. The number of likely N-dealkylation sites (N-methyl/N-ethyl adjacent to an activating group) is 1. The first kappa shape index (κ1) is 14.8. The van der Waals surface area contributed by atoms with E-state index in [2.05, 4.69) is 0 Å². The quantitative estimate of drug-likeness (QED) is 0.842. The lowest BCUT2D eigenvalue weighted by Gasteiger charge is -2.30. The SMILES string of the molecule is COc1cccc(N(C)CC(C)(C)O)c1[C@@H](C)O. The van der Waals surface area contributed by atoms with Gasteiger partial charge in [0.25, 0.3) is 0 Å². The van der Waals surface area contributed by atoms with E-state index in [-0.39, 0.29) is 0 Å². The van der Waals surface area contributed by atoms with E-state index in [9.17, 15) is 10.2 Å². The van der Waals surface area contributed by atoms with Gasteiger partial charge in [-0.2, -0.15) is 0 Å². The Labute approximate surface area is 109 Å². The van der Waals surface area contributed by atoms with Crippen molar-refractivity contribution in [2.75, 3.05) is 25.6 Å². The number of hydrogen-bond donors (Lipinski definition) is 2. The van der Waals surface area contributed by atoms with Gasteiger partial charge in [-0.05, 0) is 32.9 Å². The van der Waals surface area contributed by atoms with Crippen molar-refractivity contribution in [2.45, 2.75) is 32.5 Å². The molecule has 0 saturated heterocycles. The van der Waals surface area contributed by atoms with Crippen molar-refractivity contribution in [1.82, 2.24) is 0 Å².